The third-order valence-corrected chi connectivity index (χ3v) is 1.41. The molecule has 1 aromatic carbocycles. The Hall–Kier alpha value is -0.960. The molecule has 1 nitrogen and oxygen atoms in total. The van der Waals surface area contributed by atoms with Crippen LogP contribution >= 0.6 is 0 Å². The first kappa shape index (κ1) is 8.14. The Morgan fingerprint density at radius 2 is 2.00 bits per heavy atom. The van der Waals surface area contributed by atoms with Crippen LogP contribution in [0.1, 0.15) is 18.6 Å². The summed E-state index contributed by atoms with van der Waals surface area (Å²) in [6.45, 7) is 1.43. The molecule has 0 spiro atoms. The molecule has 3 heteroatoms. The second kappa shape index (κ2) is 2.96. The molecule has 0 saturated carbocycles. The molecule has 0 heterocycles. The van der Waals surface area contributed by atoms with Gasteiger partial charge in [0.1, 0.15) is 11.6 Å². The number of aliphatic hydroxyl groups excluding tert-OH is 1. The molecule has 0 radical (unpaired) electrons. The van der Waals surface area contributed by atoms with Crippen molar-refractivity contribution in [2.75, 3.05) is 0 Å². The SMILES string of the molecule is CC(O)c1ccc(F)cc1F. The molecule has 1 unspecified atom stereocenters. The summed E-state index contributed by atoms with van der Waals surface area (Å²) in [6.07, 6.45) is -0.893. The highest BCUT2D eigenvalue weighted by molar-refractivity contribution is 5.20. The van der Waals surface area contributed by atoms with Gasteiger partial charge in [-0.25, -0.2) is 8.78 Å². The van der Waals surface area contributed by atoms with E-state index in [0.29, 0.717) is 0 Å². The molecule has 1 aromatic rings. The standard InChI is InChI=1S/C8H8F2O/c1-5(11)7-3-2-6(9)4-8(7)10/h2-5,11H,1H3. The van der Waals surface area contributed by atoms with Crippen LogP contribution in [0.15, 0.2) is 18.2 Å². The van der Waals surface area contributed by atoms with Crippen LogP contribution in [0.3, 0.4) is 0 Å². The molecule has 0 bridgehead atoms. The minimum atomic E-state index is -0.893. The van der Waals surface area contributed by atoms with E-state index in [-0.39, 0.29) is 5.56 Å². The molecule has 0 aromatic heterocycles. The average molecular weight is 158 g/mol. The Balaban J connectivity index is 3.09. The van der Waals surface area contributed by atoms with Crippen molar-refractivity contribution in [2.24, 2.45) is 0 Å². The fraction of sp³-hybridized carbons (Fsp3) is 0.250. The second-order valence-corrected chi connectivity index (χ2v) is 2.34. The van der Waals surface area contributed by atoms with Crippen LogP contribution in [0.5, 0.6) is 0 Å². The second-order valence-electron chi connectivity index (χ2n) is 2.34. The normalized spacial score (nSPS) is 13.1. The average Bonchev–Trinajstić information content (AvgIpc) is 1.85. The maximum absolute atomic E-state index is 12.7. The van der Waals surface area contributed by atoms with Crippen molar-refractivity contribution in [3.8, 4) is 0 Å². The van der Waals surface area contributed by atoms with Crippen LogP contribution in [-0.4, -0.2) is 5.11 Å². The number of aliphatic hydroxyl groups is 1. The summed E-state index contributed by atoms with van der Waals surface area (Å²) in [5.74, 6) is -1.34. The lowest BCUT2D eigenvalue weighted by Crippen LogP contribution is -1.95. The van der Waals surface area contributed by atoms with Crippen LogP contribution in [0.2, 0.25) is 0 Å². The molecule has 0 aliphatic rings. The predicted octanol–water partition coefficient (Wildman–Crippen LogP) is 2.02. The molecule has 0 aliphatic heterocycles. The van der Waals surface area contributed by atoms with Crippen LogP contribution < -0.4 is 0 Å². The quantitative estimate of drug-likeness (QED) is 0.662. The molecule has 0 fully saturated rings. The smallest absolute Gasteiger partial charge is 0.131 e. The van der Waals surface area contributed by atoms with Gasteiger partial charge in [-0.05, 0) is 13.0 Å². The summed E-state index contributed by atoms with van der Waals surface area (Å²) in [5.41, 5.74) is 0.117. The van der Waals surface area contributed by atoms with Gasteiger partial charge in [0.05, 0.1) is 6.10 Å². The Morgan fingerprint density at radius 1 is 1.36 bits per heavy atom. The number of halogens is 2. The molecule has 0 amide bonds. The van der Waals surface area contributed by atoms with Gasteiger partial charge in [-0.15, -0.1) is 0 Å². The van der Waals surface area contributed by atoms with E-state index >= 15 is 0 Å². The first-order valence-corrected chi connectivity index (χ1v) is 3.24. The summed E-state index contributed by atoms with van der Waals surface area (Å²) in [6, 6.07) is 3.10. The molecular formula is C8H8F2O. The van der Waals surface area contributed by atoms with E-state index in [1.165, 1.54) is 13.0 Å². The van der Waals surface area contributed by atoms with Gasteiger partial charge in [-0.3, -0.25) is 0 Å². The van der Waals surface area contributed by atoms with Gasteiger partial charge in [-0.1, -0.05) is 6.07 Å². The Labute approximate surface area is 63.3 Å². The topological polar surface area (TPSA) is 20.2 Å². The molecule has 11 heavy (non-hydrogen) atoms. The van der Waals surface area contributed by atoms with Gasteiger partial charge in [0.15, 0.2) is 0 Å². The third-order valence-electron chi connectivity index (χ3n) is 1.41. The number of rotatable bonds is 1. The van der Waals surface area contributed by atoms with Crippen LogP contribution in [-0.2, 0) is 0 Å². The highest BCUT2D eigenvalue weighted by atomic mass is 19.1. The van der Waals surface area contributed by atoms with Gasteiger partial charge in [0.2, 0.25) is 0 Å². The fourth-order valence-electron chi connectivity index (χ4n) is 0.840. The molecule has 1 rings (SSSR count). The lowest BCUT2D eigenvalue weighted by atomic mass is 10.1. The van der Waals surface area contributed by atoms with E-state index in [1.807, 2.05) is 0 Å². The van der Waals surface area contributed by atoms with Gasteiger partial charge in [0, 0.05) is 11.6 Å². The lowest BCUT2D eigenvalue weighted by Gasteiger charge is -2.04. The highest BCUT2D eigenvalue weighted by Crippen LogP contribution is 2.16. The molecule has 0 saturated heterocycles. The summed E-state index contributed by atoms with van der Waals surface area (Å²) < 4.78 is 25.0. The van der Waals surface area contributed by atoms with Gasteiger partial charge < -0.3 is 5.11 Å². The summed E-state index contributed by atoms with van der Waals surface area (Å²) in [4.78, 5) is 0. The summed E-state index contributed by atoms with van der Waals surface area (Å²) in [7, 11) is 0. The number of hydrogen-bond donors (Lipinski definition) is 1. The summed E-state index contributed by atoms with van der Waals surface area (Å²) >= 11 is 0. The first-order chi connectivity index (χ1) is 5.11. The van der Waals surface area contributed by atoms with Crippen molar-refractivity contribution < 1.29 is 13.9 Å². The van der Waals surface area contributed by atoms with Gasteiger partial charge >= 0.3 is 0 Å². The minimum Gasteiger partial charge on any atom is -0.389 e. The molecule has 0 aliphatic carbocycles. The van der Waals surface area contributed by atoms with Crippen LogP contribution in [0, 0.1) is 11.6 Å². The Morgan fingerprint density at radius 3 is 2.45 bits per heavy atom. The zero-order valence-electron chi connectivity index (χ0n) is 6.01. The molecule has 60 valence electrons. The van der Waals surface area contributed by atoms with Crippen LogP contribution in [0.4, 0.5) is 8.78 Å². The third kappa shape index (κ3) is 1.74. The number of benzene rings is 1. The van der Waals surface area contributed by atoms with E-state index in [1.54, 1.807) is 0 Å². The van der Waals surface area contributed by atoms with E-state index in [0.717, 1.165) is 12.1 Å². The van der Waals surface area contributed by atoms with E-state index in [4.69, 9.17) is 5.11 Å². The minimum absolute atomic E-state index is 0.117. The van der Waals surface area contributed by atoms with Crippen molar-refractivity contribution in [3.05, 3.63) is 35.4 Å². The summed E-state index contributed by atoms with van der Waals surface area (Å²) in [5, 5.41) is 8.93. The molecular weight excluding hydrogens is 150 g/mol. The zero-order chi connectivity index (χ0) is 8.43. The zero-order valence-corrected chi connectivity index (χ0v) is 6.01. The highest BCUT2D eigenvalue weighted by Gasteiger charge is 2.07. The van der Waals surface area contributed by atoms with Crippen molar-refractivity contribution in [2.45, 2.75) is 13.0 Å². The first-order valence-electron chi connectivity index (χ1n) is 3.24. The maximum atomic E-state index is 12.7. The van der Waals surface area contributed by atoms with Crippen molar-refractivity contribution in [1.82, 2.24) is 0 Å². The van der Waals surface area contributed by atoms with Gasteiger partial charge in [0.25, 0.3) is 0 Å². The van der Waals surface area contributed by atoms with E-state index in [2.05, 4.69) is 0 Å². The van der Waals surface area contributed by atoms with Crippen molar-refractivity contribution in [3.63, 3.8) is 0 Å². The monoisotopic (exact) mass is 158 g/mol. The Kier molecular flexibility index (Phi) is 2.19. The van der Waals surface area contributed by atoms with E-state index in [9.17, 15) is 8.78 Å². The number of hydrogen-bond acceptors (Lipinski definition) is 1. The van der Waals surface area contributed by atoms with Crippen molar-refractivity contribution in [1.29, 1.82) is 0 Å². The molecule has 1 atom stereocenters. The molecule has 1 N–H and O–H groups in total. The maximum Gasteiger partial charge on any atom is 0.131 e. The van der Waals surface area contributed by atoms with Gasteiger partial charge in [-0.2, -0.15) is 0 Å². The lowest BCUT2D eigenvalue weighted by molar-refractivity contribution is 0.194. The van der Waals surface area contributed by atoms with Crippen LogP contribution in [0.25, 0.3) is 0 Å². The fourth-order valence-corrected chi connectivity index (χ4v) is 0.840. The Bertz CT molecular complexity index is 258. The largest absolute Gasteiger partial charge is 0.389 e. The van der Waals surface area contributed by atoms with E-state index < -0.39 is 17.7 Å². The predicted molar refractivity (Wildman–Crippen MR) is 37.0 cm³/mol. The van der Waals surface area contributed by atoms with Crippen molar-refractivity contribution >= 4 is 0 Å².